The van der Waals surface area contributed by atoms with Crippen LogP contribution in [-0.4, -0.2) is 0 Å². The average molecular weight is 1280 g/mol. The summed E-state index contributed by atoms with van der Waals surface area (Å²) >= 11 is 0. The van der Waals surface area contributed by atoms with E-state index in [-0.39, 0.29) is 0 Å². The van der Waals surface area contributed by atoms with Crippen molar-refractivity contribution in [3.8, 4) is 134 Å². The second-order valence-corrected chi connectivity index (χ2v) is 25.3. The smallest absolute Gasteiger partial charge is 0.00757 e. The van der Waals surface area contributed by atoms with Crippen LogP contribution in [0, 0.1) is 27.7 Å². The van der Waals surface area contributed by atoms with E-state index in [9.17, 15) is 0 Å². The molecule has 16 aromatic carbocycles. The largest absolute Gasteiger partial charge is 0.0622 e. The third-order valence-corrected chi connectivity index (χ3v) is 18.5. The highest BCUT2D eigenvalue weighted by Crippen LogP contribution is 2.42. The maximum atomic E-state index is 2.34. The number of hydrogen-bond donors (Lipinski definition) is 0. The minimum atomic E-state index is 1.25. The summed E-state index contributed by atoms with van der Waals surface area (Å²) in [5.74, 6) is 0. The number of aryl methyl sites for hydroxylation is 3. The van der Waals surface area contributed by atoms with Gasteiger partial charge in [-0.3, -0.25) is 0 Å². The van der Waals surface area contributed by atoms with Gasteiger partial charge in [-0.05, 0) is 208 Å². The van der Waals surface area contributed by atoms with Crippen LogP contribution in [0.25, 0.3) is 134 Å². The van der Waals surface area contributed by atoms with Crippen LogP contribution in [-0.2, 0) is 0 Å². The molecule has 0 N–H and O–H groups in total. The summed E-state index contributed by atoms with van der Waals surface area (Å²) in [7, 11) is 0. The molecule has 100 heavy (non-hydrogen) atoms. The molecule has 0 saturated heterocycles. The Balaban J connectivity index is 0.000000119. The van der Waals surface area contributed by atoms with Crippen molar-refractivity contribution in [2.45, 2.75) is 27.7 Å². The fraction of sp³-hybridized carbons (Fsp3) is 0.0400. The van der Waals surface area contributed by atoms with Crippen molar-refractivity contribution in [1.82, 2.24) is 0 Å². The van der Waals surface area contributed by atoms with E-state index in [4.69, 9.17) is 0 Å². The first kappa shape index (κ1) is 66.1. The lowest BCUT2D eigenvalue weighted by Gasteiger charge is -2.16. The van der Waals surface area contributed by atoms with Crippen LogP contribution in [0.3, 0.4) is 0 Å². The van der Waals surface area contributed by atoms with E-state index >= 15 is 0 Å². The summed E-state index contributed by atoms with van der Waals surface area (Å²) in [5.41, 5.74) is 35.6. The topological polar surface area (TPSA) is 0 Å². The highest BCUT2D eigenvalue weighted by Gasteiger charge is 2.17. The van der Waals surface area contributed by atoms with Gasteiger partial charge < -0.3 is 0 Å². The maximum absolute atomic E-state index is 2.34. The molecule has 16 aromatic rings. The number of rotatable bonds is 12. The van der Waals surface area contributed by atoms with Gasteiger partial charge in [-0.25, -0.2) is 0 Å². The van der Waals surface area contributed by atoms with Gasteiger partial charge >= 0.3 is 0 Å². The zero-order chi connectivity index (χ0) is 68.2. The minimum Gasteiger partial charge on any atom is -0.0622 e. The van der Waals surface area contributed by atoms with E-state index in [2.05, 4.69) is 440 Å². The van der Waals surface area contributed by atoms with Crippen molar-refractivity contribution in [2.24, 2.45) is 0 Å². The molecule has 0 nitrogen and oxygen atoms in total. The normalized spacial score (nSPS) is 10.6. The summed E-state index contributed by atoms with van der Waals surface area (Å²) in [6, 6.07) is 146. The lowest BCUT2D eigenvalue weighted by Crippen LogP contribution is -1.91. The molecule has 0 fully saturated rings. The van der Waals surface area contributed by atoms with E-state index in [0.29, 0.717) is 0 Å². The quantitative estimate of drug-likeness (QED) is 0.114. The van der Waals surface area contributed by atoms with Crippen LogP contribution in [0.4, 0.5) is 0 Å². The summed E-state index contributed by atoms with van der Waals surface area (Å²) in [4.78, 5) is 0. The Kier molecular flexibility index (Phi) is 21.5. The first-order chi connectivity index (χ1) is 49.3. The molecule has 0 aromatic heterocycles. The van der Waals surface area contributed by atoms with Gasteiger partial charge in [0.1, 0.15) is 0 Å². The Hall–Kier alpha value is -12.5. The standard InChI is InChI=1S/4C25H20/c1-19-24(21-13-7-3-8-14-21)17-23(20-11-5-2-6-12-20)18-25(19)22-15-9-4-10-16-22;1-19-17-24(21-13-7-3-8-14-21)25(22-15-9-4-10-16-22)18-23(19)20-11-5-2-6-12-20;1-19-17-23(20-11-5-2-6-12-20)18-24(21-13-7-3-8-14-21)25(19)22-15-9-4-10-16-22;1-19-14-16-21(17-15-19)24-12-5-6-13-25(24)23-11-7-10-22(18-23)20-8-3-2-4-9-20/h4*2-18H,1H3. The van der Waals surface area contributed by atoms with Crippen molar-refractivity contribution in [1.29, 1.82) is 0 Å². The predicted molar refractivity (Wildman–Crippen MR) is 430 cm³/mol. The highest BCUT2D eigenvalue weighted by atomic mass is 14.2. The van der Waals surface area contributed by atoms with Gasteiger partial charge in [0.2, 0.25) is 0 Å². The molecular weight excluding hydrogens is 1200 g/mol. The zero-order valence-electron chi connectivity index (χ0n) is 57.3. The molecule has 0 bridgehead atoms. The van der Waals surface area contributed by atoms with Crippen molar-refractivity contribution in [2.75, 3.05) is 0 Å². The Labute approximate surface area is 592 Å². The molecule has 0 heteroatoms. The second kappa shape index (κ2) is 32.5. The second-order valence-electron chi connectivity index (χ2n) is 25.3. The van der Waals surface area contributed by atoms with Crippen molar-refractivity contribution < 1.29 is 0 Å². The molecule has 0 heterocycles. The fourth-order valence-electron chi connectivity index (χ4n) is 13.3. The molecule has 0 aliphatic rings. The van der Waals surface area contributed by atoms with Crippen LogP contribution in [0.15, 0.2) is 413 Å². The molecular formula is C100H80. The highest BCUT2D eigenvalue weighted by molar-refractivity contribution is 5.92. The Morgan fingerprint density at radius 2 is 0.410 bits per heavy atom. The first-order valence-corrected chi connectivity index (χ1v) is 34.5. The van der Waals surface area contributed by atoms with E-state index < -0.39 is 0 Å². The predicted octanol–water partition coefficient (Wildman–Crippen LogP) is 28.0. The lowest BCUT2D eigenvalue weighted by atomic mass is 9.88. The molecule has 0 saturated carbocycles. The number of benzene rings is 16. The van der Waals surface area contributed by atoms with Crippen molar-refractivity contribution in [3.63, 3.8) is 0 Å². The minimum absolute atomic E-state index is 1.25. The molecule has 0 aliphatic carbocycles. The molecule has 0 amide bonds. The van der Waals surface area contributed by atoms with Gasteiger partial charge in [-0.15, -0.1) is 0 Å². The van der Waals surface area contributed by atoms with E-state index in [0.717, 1.165) is 0 Å². The first-order valence-electron chi connectivity index (χ1n) is 34.5. The molecule has 0 aliphatic heterocycles. The lowest BCUT2D eigenvalue weighted by molar-refractivity contribution is 1.44. The third-order valence-electron chi connectivity index (χ3n) is 18.5. The number of hydrogen-bond acceptors (Lipinski definition) is 0. The van der Waals surface area contributed by atoms with Gasteiger partial charge in [-0.2, -0.15) is 0 Å². The van der Waals surface area contributed by atoms with Crippen LogP contribution >= 0.6 is 0 Å². The van der Waals surface area contributed by atoms with Crippen LogP contribution in [0.2, 0.25) is 0 Å². The third kappa shape index (κ3) is 16.1. The maximum Gasteiger partial charge on any atom is -0.00757 e. The summed E-state index contributed by atoms with van der Waals surface area (Å²) in [5, 5.41) is 0. The SMILES string of the molecule is Cc1c(-c2ccccc2)cc(-c2ccccc2)cc1-c1ccccc1.Cc1cc(-c2ccccc2)c(-c2ccccc2)cc1-c1ccccc1.Cc1cc(-c2ccccc2)cc(-c2ccccc2)c1-c1ccccc1.Cc1ccc(-c2ccccc2-c2cccc(-c3ccccc3)c2)cc1. The molecule has 480 valence electrons. The summed E-state index contributed by atoms with van der Waals surface area (Å²) in [6.07, 6.45) is 0. The average Bonchev–Trinajstić information content (AvgIpc) is 0.797. The molecule has 0 spiro atoms. The van der Waals surface area contributed by atoms with Crippen molar-refractivity contribution >= 4 is 0 Å². The monoisotopic (exact) mass is 1280 g/mol. The molecule has 0 atom stereocenters. The van der Waals surface area contributed by atoms with E-state index in [1.807, 2.05) is 0 Å². The van der Waals surface area contributed by atoms with Crippen molar-refractivity contribution in [3.05, 3.63) is 435 Å². The van der Waals surface area contributed by atoms with Gasteiger partial charge in [0, 0.05) is 0 Å². The Morgan fingerprint density at radius 3 is 0.830 bits per heavy atom. The molecule has 16 rings (SSSR count). The van der Waals surface area contributed by atoms with E-state index in [1.165, 1.54) is 156 Å². The van der Waals surface area contributed by atoms with Crippen LogP contribution in [0.5, 0.6) is 0 Å². The van der Waals surface area contributed by atoms with Gasteiger partial charge in [0.25, 0.3) is 0 Å². The Bertz CT molecular complexity index is 5170. The van der Waals surface area contributed by atoms with Crippen LogP contribution < -0.4 is 0 Å². The molecule has 0 unspecified atom stereocenters. The van der Waals surface area contributed by atoms with Gasteiger partial charge in [0.05, 0.1) is 0 Å². The fourth-order valence-corrected chi connectivity index (χ4v) is 13.3. The summed E-state index contributed by atoms with van der Waals surface area (Å²) in [6.45, 7) is 8.75. The van der Waals surface area contributed by atoms with E-state index in [1.54, 1.807) is 0 Å². The zero-order valence-corrected chi connectivity index (χ0v) is 57.3. The van der Waals surface area contributed by atoms with Crippen LogP contribution in [0.1, 0.15) is 22.3 Å². The Morgan fingerprint density at radius 1 is 0.130 bits per heavy atom. The van der Waals surface area contributed by atoms with Gasteiger partial charge in [-0.1, -0.05) is 388 Å². The van der Waals surface area contributed by atoms with Gasteiger partial charge in [0.15, 0.2) is 0 Å². The molecule has 0 radical (unpaired) electrons. The summed E-state index contributed by atoms with van der Waals surface area (Å²) < 4.78 is 0.